The summed E-state index contributed by atoms with van der Waals surface area (Å²) in [5.41, 5.74) is 2.06. The molecule has 31 heavy (non-hydrogen) atoms. The molecule has 1 heteroatoms. The minimum atomic E-state index is -0.277. The van der Waals surface area contributed by atoms with Gasteiger partial charge in [0.25, 0.3) is 0 Å². The molecular formula is C30H50O. The summed E-state index contributed by atoms with van der Waals surface area (Å²) in [6.45, 7) is 17.3. The van der Waals surface area contributed by atoms with Crippen molar-refractivity contribution in [2.45, 2.75) is 118 Å². The number of ether oxygens (including phenoxy) is 1. The molecule has 0 rings (SSSR count). The van der Waals surface area contributed by atoms with E-state index in [0.29, 0.717) is 0 Å². The predicted octanol–water partition coefficient (Wildman–Crippen LogP) is 9.84. The van der Waals surface area contributed by atoms with E-state index in [4.69, 9.17) is 4.74 Å². The molecule has 0 heterocycles. The van der Waals surface area contributed by atoms with E-state index in [9.17, 15) is 0 Å². The monoisotopic (exact) mass is 426 g/mol. The quantitative estimate of drug-likeness (QED) is 0.176. The average molecular weight is 427 g/mol. The van der Waals surface area contributed by atoms with Crippen LogP contribution in [0.5, 0.6) is 0 Å². The molecule has 0 saturated carbocycles. The third kappa shape index (κ3) is 14.9. The molecule has 176 valence electrons. The normalized spacial score (nSPS) is 14.8. The fourth-order valence-corrected chi connectivity index (χ4v) is 3.27. The lowest BCUT2D eigenvalue weighted by molar-refractivity contribution is -0.0815. The van der Waals surface area contributed by atoms with Gasteiger partial charge in [0, 0.05) is 0 Å². The van der Waals surface area contributed by atoms with Gasteiger partial charge < -0.3 is 4.74 Å². The van der Waals surface area contributed by atoms with Crippen LogP contribution in [0.3, 0.4) is 0 Å². The molecule has 0 spiro atoms. The van der Waals surface area contributed by atoms with Gasteiger partial charge in [-0.2, -0.15) is 0 Å². The summed E-state index contributed by atoms with van der Waals surface area (Å²) in [7, 11) is 0. The molecule has 0 aliphatic carbocycles. The summed E-state index contributed by atoms with van der Waals surface area (Å²) in [6.07, 6.45) is 31.4. The molecule has 0 atom stereocenters. The molecule has 0 unspecified atom stereocenters. The van der Waals surface area contributed by atoms with Crippen molar-refractivity contribution in [3.05, 3.63) is 71.9 Å². The highest BCUT2D eigenvalue weighted by Gasteiger charge is 2.31. The summed E-state index contributed by atoms with van der Waals surface area (Å²) < 4.78 is 6.61. The van der Waals surface area contributed by atoms with Gasteiger partial charge in [-0.3, -0.25) is 0 Å². The van der Waals surface area contributed by atoms with Crippen molar-refractivity contribution < 1.29 is 4.74 Å². The number of hydrogen-bond acceptors (Lipinski definition) is 1. The van der Waals surface area contributed by atoms with Crippen molar-refractivity contribution in [2.75, 3.05) is 0 Å². The van der Waals surface area contributed by atoms with E-state index in [-0.39, 0.29) is 11.2 Å². The summed E-state index contributed by atoms with van der Waals surface area (Å²) in [5, 5.41) is 0. The molecule has 0 N–H and O–H groups in total. The molecule has 1 nitrogen and oxygen atoms in total. The zero-order chi connectivity index (χ0) is 23.6. The van der Waals surface area contributed by atoms with E-state index in [1.807, 2.05) is 0 Å². The van der Waals surface area contributed by atoms with Gasteiger partial charge >= 0.3 is 0 Å². The van der Waals surface area contributed by atoms with Crippen LogP contribution in [-0.2, 0) is 4.74 Å². The maximum atomic E-state index is 6.61. The van der Waals surface area contributed by atoms with Crippen LogP contribution >= 0.6 is 0 Å². The molecule has 0 bridgehead atoms. The number of allylic oxidation sites excluding steroid dienone is 10. The molecule has 0 saturated heterocycles. The third-order valence-electron chi connectivity index (χ3n) is 5.78. The fraction of sp³-hybridized carbons (Fsp3) is 0.600. The topological polar surface area (TPSA) is 9.23 Å². The first-order valence-corrected chi connectivity index (χ1v) is 12.2. The van der Waals surface area contributed by atoms with E-state index < -0.39 is 0 Å². The summed E-state index contributed by atoms with van der Waals surface area (Å²) in [4.78, 5) is 0. The van der Waals surface area contributed by atoms with E-state index in [2.05, 4.69) is 116 Å². The van der Waals surface area contributed by atoms with E-state index in [1.54, 1.807) is 0 Å². The Kier molecular flexibility index (Phi) is 16.1. The van der Waals surface area contributed by atoms with Gasteiger partial charge in [0.05, 0.1) is 11.2 Å². The lowest BCUT2D eigenvalue weighted by atomic mass is 9.92. The van der Waals surface area contributed by atoms with Gasteiger partial charge in [-0.25, -0.2) is 0 Å². The predicted molar refractivity (Wildman–Crippen MR) is 142 cm³/mol. The zero-order valence-corrected chi connectivity index (χ0v) is 21.8. The first-order chi connectivity index (χ1) is 14.7. The van der Waals surface area contributed by atoms with Crippen molar-refractivity contribution in [2.24, 2.45) is 0 Å². The minimum Gasteiger partial charge on any atom is -0.361 e. The van der Waals surface area contributed by atoms with Gasteiger partial charge in [0.2, 0.25) is 0 Å². The van der Waals surface area contributed by atoms with E-state index in [0.717, 1.165) is 51.4 Å². The molecule has 0 aliphatic rings. The van der Waals surface area contributed by atoms with Crippen molar-refractivity contribution in [3.8, 4) is 0 Å². The highest BCUT2D eigenvalue weighted by atomic mass is 16.5. The maximum absolute atomic E-state index is 6.61. The molecule has 0 radical (unpaired) electrons. The third-order valence-corrected chi connectivity index (χ3v) is 5.78. The van der Waals surface area contributed by atoms with E-state index in [1.165, 1.54) is 11.1 Å². The second-order valence-corrected chi connectivity index (χ2v) is 9.29. The first kappa shape index (κ1) is 29.4. The fourth-order valence-electron chi connectivity index (χ4n) is 3.27. The SMILES string of the molecule is CC=CCCC=CCCC=C(C)C(C)(C)OC(C)(C)C(C)=CCCC=CCCC=CC. The van der Waals surface area contributed by atoms with Crippen molar-refractivity contribution in [1.29, 1.82) is 0 Å². The number of hydrogen-bond donors (Lipinski definition) is 0. The Morgan fingerprint density at radius 3 is 1.13 bits per heavy atom. The van der Waals surface area contributed by atoms with Gasteiger partial charge in [-0.05, 0) is 118 Å². The smallest absolute Gasteiger partial charge is 0.0844 e. The second kappa shape index (κ2) is 17.0. The van der Waals surface area contributed by atoms with E-state index >= 15 is 0 Å². The van der Waals surface area contributed by atoms with Gasteiger partial charge in [0.15, 0.2) is 0 Å². The van der Waals surface area contributed by atoms with Crippen molar-refractivity contribution >= 4 is 0 Å². The Labute approximate surface area is 194 Å². The van der Waals surface area contributed by atoms with Gasteiger partial charge in [-0.15, -0.1) is 0 Å². The van der Waals surface area contributed by atoms with Gasteiger partial charge in [-0.1, -0.05) is 60.8 Å². The molecular weight excluding hydrogens is 376 g/mol. The van der Waals surface area contributed by atoms with Crippen molar-refractivity contribution in [3.63, 3.8) is 0 Å². The average Bonchev–Trinajstić information content (AvgIpc) is 2.70. The van der Waals surface area contributed by atoms with Crippen LogP contribution in [0.2, 0.25) is 0 Å². The highest BCUT2D eigenvalue weighted by Crippen LogP contribution is 2.31. The van der Waals surface area contributed by atoms with Crippen LogP contribution < -0.4 is 0 Å². The Morgan fingerprint density at radius 1 is 0.516 bits per heavy atom. The Balaban J connectivity index is 4.57. The Hall–Kier alpha value is -1.60. The molecule has 0 aromatic rings. The summed E-state index contributed by atoms with van der Waals surface area (Å²) >= 11 is 0. The van der Waals surface area contributed by atoms with Crippen LogP contribution in [0.4, 0.5) is 0 Å². The summed E-state index contributed by atoms with van der Waals surface area (Å²) in [6, 6.07) is 0. The Morgan fingerprint density at radius 2 is 0.806 bits per heavy atom. The maximum Gasteiger partial charge on any atom is 0.0844 e. The van der Waals surface area contributed by atoms with Crippen LogP contribution in [0.25, 0.3) is 0 Å². The highest BCUT2D eigenvalue weighted by molar-refractivity contribution is 5.17. The lowest BCUT2D eigenvalue weighted by Crippen LogP contribution is -2.38. The van der Waals surface area contributed by atoms with Crippen LogP contribution in [0.15, 0.2) is 71.9 Å². The summed E-state index contributed by atoms with van der Waals surface area (Å²) in [5.74, 6) is 0. The van der Waals surface area contributed by atoms with Crippen LogP contribution in [-0.4, -0.2) is 11.2 Å². The van der Waals surface area contributed by atoms with Crippen molar-refractivity contribution in [1.82, 2.24) is 0 Å². The minimum absolute atomic E-state index is 0.277. The zero-order valence-electron chi connectivity index (χ0n) is 21.8. The lowest BCUT2D eigenvalue weighted by Gasteiger charge is -2.38. The molecule has 0 amide bonds. The first-order valence-electron chi connectivity index (χ1n) is 12.2. The van der Waals surface area contributed by atoms with Crippen LogP contribution in [0, 0.1) is 0 Å². The Bertz CT molecular complexity index is 579. The van der Waals surface area contributed by atoms with Gasteiger partial charge in [0.1, 0.15) is 0 Å². The number of rotatable bonds is 16. The number of unbranched alkanes of at least 4 members (excludes halogenated alkanes) is 4. The molecule has 0 aromatic carbocycles. The standard InChI is InChI=1S/C30H50O/c1-9-11-13-15-17-19-21-23-25-27(3)29(5,6)31-30(7,8)28(4)26-24-22-20-18-16-14-12-10-2/h9-12,17-20,25-26H,13-16,21-24H2,1-8H3. The largest absolute Gasteiger partial charge is 0.361 e. The molecule has 0 aromatic heterocycles. The molecule has 0 fully saturated rings. The van der Waals surface area contributed by atoms with Crippen LogP contribution in [0.1, 0.15) is 107 Å². The molecule has 0 aliphatic heterocycles. The second-order valence-electron chi connectivity index (χ2n) is 9.29.